The molecule has 0 radical (unpaired) electrons. The molecule has 0 unspecified atom stereocenters. The summed E-state index contributed by atoms with van der Waals surface area (Å²) in [6, 6.07) is 11.0. The Bertz CT molecular complexity index is 878. The summed E-state index contributed by atoms with van der Waals surface area (Å²) in [6.45, 7) is 2.35. The van der Waals surface area contributed by atoms with Crippen LogP contribution >= 0.6 is 0 Å². The van der Waals surface area contributed by atoms with Gasteiger partial charge in [0, 0.05) is 6.54 Å². The van der Waals surface area contributed by atoms with Crippen molar-refractivity contribution in [1.29, 1.82) is 0 Å². The summed E-state index contributed by atoms with van der Waals surface area (Å²) in [5.74, 6) is 1.36. The van der Waals surface area contributed by atoms with Crippen molar-refractivity contribution in [3.05, 3.63) is 53.6 Å². The van der Waals surface area contributed by atoms with Gasteiger partial charge in [-0.1, -0.05) is 23.8 Å². The van der Waals surface area contributed by atoms with E-state index in [0.29, 0.717) is 17.9 Å². The Morgan fingerprint density at radius 1 is 1.08 bits per heavy atom. The topological polar surface area (TPSA) is 93.7 Å². The molecule has 0 bridgehead atoms. The number of nitrogens with one attached hydrogen (secondary N) is 2. The number of sulfonamides is 1. The zero-order valence-corrected chi connectivity index (χ0v) is 14.4. The predicted molar refractivity (Wildman–Crippen MR) is 91.2 cm³/mol. The minimum absolute atomic E-state index is 0.0454. The van der Waals surface area contributed by atoms with E-state index in [0.717, 1.165) is 11.1 Å². The molecule has 2 aromatic rings. The third-order valence-corrected chi connectivity index (χ3v) is 5.04. The van der Waals surface area contributed by atoms with Crippen LogP contribution in [0.2, 0.25) is 0 Å². The molecule has 0 saturated carbocycles. The maximum absolute atomic E-state index is 12.1. The van der Waals surface area contributed by atoms with Crippen LogP contribution in [-0.4, -0.2) is 27.8 Å². The summed E-state index contributed by atoms with van der Waals surface area (Å²) in [5.41, 5.74) is 1.89. The van der Waals surface area contributed by atoms with Gasteiger partial charge in [0.05, 0.1) is 4.90 Å². The van der Waals surface area contributed by atoms with Crippen molar-refractivity contribution in [3.63, 3.8) is 0 Å². The van der Waals surface area contributed by atoms with E-state index in [4.69, 9.17) is 9.47 Å². The Labute approximate surface area is 146 Å². The SMILES string of the molecule is Cc1ccc(S(=O)(=O)NC(=O)NCCc2ccc3c(c2)OCO3)cc1. The summed E-state index contributed by atoms with van der Waals surface area (Å²) >= 11 is 0. The van der Waals surface area contributed by atoms with Crippen LogP contribution in [0.5, 0.6) is 11.5 Å². The highest BCUT2D eigenvalue weighted by Crippen LogP contribution is 2.32. The normalized spacial score (nSPS) is 12.7. The number of aryl methyl sites for hydroxylation is 1. The fraction of sp³-hybridized carbons (Fsp3) is 0.235. The molecule has 1 aliphatic rings. The first-order chi connectivity index (χ1) is 11.9. The largest absolute Gasteiger partial charge is 0.454 e. The molecule has 2 aromatic carbocycles. The lowest BCUT2D eigenvalue weighted by molar-refractivity contribution is 0.174. The van der Waals surface area contributed by atoms with Crippen LogP contribution in [-0.2, 0) is 16.4 Å². The van der Waals surface area contributed by atoms with Crippen LogP contribution in [0, 0.1) is 6.92 Å². The molecule has 0 spiro atoms. The number of urea groups is 1. The zero-order chi connectivity index (χ0) is 17.9. The maximum Gasteiger partial charge on any atom is 0.328 e. The van der Waals surface area contributed by atoms with E-state index in [1.165, 1.54) is 12.1 Å². The monoisotopic (exact) mass is 362 g/mol. The second-order valence-electron chi connectivity index (χ2n) is 5.61. The van der Waals surface area contributed by atoms with E-state index >= 15 is 0 Å². The molecular weight excluding hydrogens is 344 g/mol. The van der Waals surface area contributed by atoms with Gasteiger partial charge in [0.25, 0.3) is 10.0 Å². The quantitative estimate of drug-likeness (QED) is 0.848. The first kappa shape index (κ1) is 17.1. The van der Waals surface area contributed by atoms with Crippen LogP contribution in [0.3, 0.4) is 0 Å². The second kappa shape index (κ2) is 7.02. The number of carbonyl (C=O) groups excluding carboxylic acids is 1. The van der Waals surface area contributed by atoms with Crippen molar-refractivity contribution in [2.45, 2.75) is 18.2 Å². The van der Waals surface area contributed by atoms with Gasteiger partial charge in [0.2, 0.25) is 6.79 Å². The summed E-state index contributed by atoms with van der Waals surface area (Å²) in [4.78, 5) is 11.9. The van der Waals surface area contributed by atoms with Crippen LogP contribution in [0.1, 0.15) is 11.1 Å². The minimum Gasteiger partial charge on any atom is -0.454 e. The summed E-state index contributed by atoms with van der Waals surface area (Å²) in [7, 11) is -3.88. The maximum atomic E-state index is 12.1. The predicted octanol–water partition coefficient (Wildman–Crippen LogP) is 1.95. The van der Waals surface area contributed by atoms with Gasteiger partial charge in [0.1, 0.15) is 0 Å². The molecule has 2 N–H and O–H groups in total. The average molecular weight is 362 g/mol. The first-order valence-corrected chi connectivity index (χ1v) is 9.18. The molecule has 0 aliphatic carbocycles. The minimum atomic E-state index is -3.88. The van der Waals surface area contributed by atoms with E-state index in [1.54, 1.807) is 18.2 Å². The van der Waals surface area contributed by atoms with Gasteiger partial charge in [-0.25, -0.2) is 17.9 Å². The highest BCUT2D eigenvalue weighted by atomic mass is 32.2. The third-order valence-electron chi connectivity index (χ3n) is 3.69. The van der Waals surface area contributed by atoms with Crippen molar-refractivity contribution in [1.82, 2.24) is 10.0 Å². The molecule has 0 atom stereocenters. The Balaban J connectivity index is 1.52. The van der Waals surface area contributed by atoms with Gasteiger partial charge in [0.15, 0.2) is 11.5 Å². The fourth-order valence-electron chi connectivity index (χ4n) is 2.35. The number of hydrogen-bond acceptors (Lipinski definition) is 5. The highest BCUT2D eigenvalue weighted by molar-refractivity contribution is 7.90. The van der Waals surface area contributed by atoms with Crippen LogP contribution < -0.4 is 19.5 Å². The molecular formula is C17H18N2O5S. The molecule has 0 aromatic heterocycles. The molecule has 1 aliphatic heterocycles. The fourth-order valence-corrected chi connectivity index (χ4v) is 3.28. The summed E-state index contributed by atoms with van der Waals surface area (Å²) in [5, 5.41) is 2.53. The molecule has 0 fully saturated rings. The van der Waals surface area contributed by atoms with Crippen molar-refractivity contribution in [2.24, 2.45) is 0 Å². The molecule has 1 heterocycles. The lowest BCUT2D eigenvalue weighted by atomic mass is 10.1. The molecule has 2 amide bonds. The Kier molecular flexibility index (Phi) is 4.80. The standard InChI is InChI=1S/C17H18N2O5S/c1-12-2-5-14(6-3-12)25(21,22)19-17(20)18-9-8-13-4-7-15-16(10-13)24-11-23-15/h2-7,10H,8-9,11H2,1H3,(H2,18,19,20). The Hall–Kier alpha value is -2.74. The molecule has 132 valence electrons. The Morgan fingerprint density at radius 3 is 2.56 bits per heavy atom. The van der Waals surface area contributed by atoms with Gasteiger partial charge in [-0.15, -0.1) is 0 Å². The lowest BCUT2D eigenvalue weighted by Gasteiger charge is -2.09. The van der Waals surface area contributed by atoms with Crippen molar-refractivity contribution < 1.29 is 22.7 Å². The number of benzene rings is 2. The van der Waals surface area contributed by atoms with Crippen molar-refractivity contribution in [3.8, 4) is 11.5 Å². The molecule has 25 heavy (non-hydrogen) atoms. The molecule has 0 saturated heterocycles. The van der Waals surface area contributed by atoms with Crippen LogP contribution in [0.25, 0.3) is 0 Å². The van der Waals surface area contributed by atoms with Gasteiger partial charge >= 0.3 is 6.03 Å². The van der Waals surface area contributed by atoms with Gasteiger partial charge in [-0.2, -0.15) is 0 Å². The van der Waals surface area contributed by atoms with Gasteiger partial charge < -0.3 is 14.8 Å². The van der Waals surface area contributed by atoms with Crippen LogP contribution in [0.15, 0.2) is 47.4 Å². The second-order valence-corrected chi connectivity index (χ2v) is 7.29. The van der Waals surface area contributed by atoms with E-state index in [1.807, 2.05) is 23.8 Å². The number of rotatable bonds is 5. The van der Waals surface area contributed by atoms with Gasteiger partial charge in [-0.3, -0.25) is 0 Å². The summed E-state index contributed by atoms with van der Waals surface area (Å²) < 4.78 is 36.7. The van der Waals surface area contributed by atoms with Crippen molar-refractivity contribution >= 4 is 16.1 Å². The molecule has 7 nitrogen and oxygen atoms in total. The van der Waals surface area contributed by atoms with E-state index in [-0.39, 0.29) is 18.2 Å². The highest BCUT2D eigenvalue weighted by Gasteiger charge is 2.17. The lowest BCUT2D eigenvalue weighted by Crippen LogP contribution is -2.40. The zero-order valence-electron chi connectivity index (χ0n) is 13.6. The molecule has 8 heteroatoms. The number of ether oxygens (including phenoxy) is 2. The number of carbonyl (C=O) groups is 1. The van der Waals surface area contributed by atoms with Crippen LogP contribution in [0.4, 0.5) is 4.79 Å². The first-order valence-electron chi connectivity index (χ1n) is 7.70. The van der Waals surface area contributed by atoms with Crippen molar-refractivity contribution in [2.75, 3.05) is 13.3 Å². The van der Waals surface area contributed by atoms with Gasteiger partial charge in [-0.05, 0) is 43.2 Å². The number of fused-ring (bicyclic) bond motifs is 1. The van der Waals surface area contributed by atoms with E-state index < -0.39 is 16.1 Å². The summed E-state index contributed by atoms with van der Waals surface area (Å²) in [6.07, 6.45) is 0.536. The van der Waals surface area contributed by atoms with E-state index in [2.05, 4.69) is 5.32 Å². The Morgan fingerprint density at radius 2 is 1.80 bits per heavy atom. The number of amides is 2. The average Bonchev–Trinajstić information content (AvgIpc) is 3.02. The third kappa shape index (κ3) is 4.21. The smallest absolute Gasteiger partial charge is 0.328 e. The number of hydrogen-bond donors (Lipinski definition) is 2. The molecule has 3 rings (SSSR count). The van der Waals surface area contributed by atoms with E-state index in [9.17, 15) is 13.2 Å².